The highest BCUT2D eigenvalue weighted by molar-refractivity contribution is 7.21. The predicted octanol–water partition coefficient (Wildman–Crippen LogP) is 4.16. The van der Waals surface area contributed by atoms with Gasteiger partial charge in [-0.15, -0.1) is 26.6 Å². The Morgan fingerprint density at radius 3 is 2.61 bits per heavy atom. The van der Waals surface area contributed by atoms with E-state index in [2.05, 4.69) is 39.7 Å². The molecule has 0 aliphatic rings. The van der Waals surface area contributed by atoms with Crippen LogP contribution in [0, 0.1) is 5.92 Å². The second-order valence-electron chi connectivity index (χ2n) is 7.55. The molecule has 4 rings (SSSR count). The van der Waals surface area contributed by atoms with Crippen molar-refractivity contribution in [1.29, 1.82) is 0 Å². The van der Waals surface area contributed by atoms with Crippen molar-refractivity contribution in [2.75, 3.05) is 5.32 Å². The molecule has 0 aliphatic carbocycles. The highest BCUT2D eigenvalue weighted by atomic mass is 32.1. The van der Waals surface area contributed by atoms with Crippen LogP contribution in [0.4, 0.5) is 5.13 Å². The summed E-state index contributed by atoms with van der Waals surface area (Å²) < 4.78 is 1.16. The van der Waals surface area contributed by atoms with Gasteiger partial charge in [0.2, 0.25) is 5.13 Å². The van der Waals surface area contributed by atoms with Crippen LogP contribution in [0.2, 0.25) is 0 Å². The van der Waals surface area contributed by atoms with Gasteiger partial charge in [-0.25, -0.2) is 0 Å². The third-order valence-electron chi connectivity index (χ3n) is 4.71. The van der Waals surface area contributed by atoms with Crippen molar-refractivity contribution in [1.82, 2.24) is 25.2 Å². The van der Waals surface area contributed by atoms with E-state index in [1.54, 1.807) is 0 Å². The molecule has 160 valence electrons. The summed E-state index contributed by atoms with van der Waals surface area (Å²) >= 11 is 2.75. The van der Waals surface area contributed by atoms with Crippen molar-refractivity contribution < 1.29 is 4.79 Å². The van der Waals surface area contributed by atoms with Crippen LogP contribution in [0.5, 0.6) is 0 Å². The van der Waals surface area contributed by atoms with Crippen molar-refractivity contribution in [2.24, 2.45) is 5.92 Å². The Morgan fingerprint density at radius 1 is 1.13 bits per heavy atom. The molecule has 10 heteroatoms. The molecule has 8 nitrogen and oxygen atoms in total. The zero-order chi connectivity index (χ0) is 22.0. The molecule has 3 heterocycles. The molecule has 0 bridgehead atoms. The van der Waals surface area contributed by atoms with E-state index in [1.165, 1.54) is 22.7 Å². The Bertz CT molecular complexity index is 1260. The Kier molecular flexibility index (Phi) is 6.19. The van der Waals surface area contributed by atoms with Crippen LogP contribution in [0.15, 0.2) is 41.2 Å². The van der Waals surface area contributed by atoms with E-state index >= 15 is 0 Å². The van der Waals surface area contributed by atoms with Crippen molar-refractivity contribution >= 4 is 43.9 Å². The molecule has 1 amide bonds. The topological polar surface area (TPSA) is 103 Å². The molecule has 1 atom stereocenters. The van der Waals surface area contributed by atoms with E-state index in [-0.39, 0.29) is 11.5 Å². The molecule has 4 aromatic rings. The van der Waals surface area contributed by atoms with Gasteiger partial charge in [0, 0.05) is 11.3 Å². The standard InChI is InChI=1S/C21H22N6O2S2/c1-4-15(18(28)22-21-25-23-17(31-21)10-12(2)3)27-20(29)14-11-16(30-19(14)24-26-27)13-8-6-5-7-9-13/h5-9,11-12,15H,4,10H2,1-3H3,(H,22,25,28). The molecular weight excluding hydrogens is 432 g/mol. The van der Waals surface area contributed by atoms with Gasteiger partial charge in [0.05, 0.1) is 5.39 Å². The van der Waals surface area contributed by atoms with Gasteiger partial charge < -0.3 is 0 Å². The van der Waals surface area contributed by atoms with E-state index in [9.17, 15) is 9.59 Å². The Balaban J connectivity index is 1.61. The molecule has 1 unspecified atom stereocenters. The molecule has 1 N–H and O–H groups in total. The number of nitrogens with one attached hydrogen (secondary N) is 1. The Morgan fingerprint density at radius 2 is 1.90 bits per heavy atom. The van der Waals surface area contributed by atoms with E-state index in [0.29, 0.717) is 27.7 Å². The Hall–Kier alpha value is -2.98. The van der Waals surface area contributed by atoms with Crippen LogP contribution in [-0.2, 0) is 11.2 Å². The van der Waals surface area contributed by atoms with Gasteiger partial charge in [0.1, 0.15) is 11.0 Å². The minimum absolute atomic E-state index is 0.330. The van der Waals surface area contributed by atoms with Crippen LogP contribution in [-0.4, -0.2) is 31.1 Å². The van der Waals surface area contributed by atoms with E-state index in [1.807, 2.05) is 43.3 Å². The molecule has 0 spiro atoms. The van der Waals surface area contributed by atoms with Crippen LogP contribution in [0.3, 0.4) is 0 Å². The van der Waals surface area contributed by atoms with Crippen LogP contribution in [0.1, 0.15) is 38.2 Å². The average molecular weight is 455 g/mol. The van der Waals surface area contributed by atoms with Crippen molar-refractivity contribution in [2.45, 2.75) is 39.7 Å². The first-order valence-corrected chi connectivity index (χ1v) is 11.7. The summed E-state index contributed by atoms with van der Waals surface area (Å²) in [4.78, 5) is 27.5. The van der Waals surface area contributed by atoms with E-state index in [0.717, 1.165) is 26.6 Å². The summed E-state index contributed by atoms with van der Waals surface area (Å²) in [7, 11) is 0. The number of amides is 1. The fourth-order valence-electron chi connectivity index (χ4n) is 3.20. The van der Waals surface area contributed by atoms with Crippen molar-refractivity contribution in [3.8, 4) is 10.4 Å². The molecule has 0 aliphatic heterocycles. The number of nitrogens with zero attached hydrogens (tertiary/aromatic N) is 5. The lowest BCUT2D eigenvalue weighted by Crippen LogP contribution is -2.35. The van der Waals surface area contributed by atoms with E-state index in [4.69, 9.17) is 0 Å². The summed E-state index contributed by atoms with van der Waals surface area (Å²) in [5.41, 5.74) is 0.679. The SMILES string of the molecule is CCC(C(=O)Nc1nnc(CC(C)C)s1)n1nnc2sc(-c3ccccc3)cc2c1=O. The largest absolute Gasteiger partial charge is 0.299 e. The number of carbonyl (C=O) groups excluding carboxylic acids is 1. The summed E-state index contributed by atoms with van der Waals surface area (Å²) in [5.74, 6) is 0.0934. The average Bonchev–Trinajstić information content (AvgIpc) is 3.38. The maximum absolute atomic E-state index is 13.1. The minimum atomic E-state index is -0.790. The molecule has 3 aromatic heterocycles. The van der Waals surface area contributed by atoms with Crippen LogP contribution >= 0.6 is 22.7 Å². The van der Waals surface area contributed by atoms with Gasteiger partial charge in [0.25, 0.3) is 11.5 Å². The van der Waals surface area contributed by atoms with Crippen molar-refractivity contribution in [3.63, 3.8) is 0 Å². The molecule has 0 radical (unpaired) electrons. The lowest BCUT2D eigenvalue weighted by Gasteiger charge is -2.14. The fraction of sp³-hybridized carbons (Fsp3) is 0.333. The number of benzene rings is 1. The molecule has 1 aromatic carbocycles. The number of hydrogen-bond acceptors (Lipinski definition) is 8. The molecule has 0 saturated carbocycles. The van der Waals surface area contributed by atoms with Gasteiger partial charge in [-0.2, -0.15) is 4.68 Å². The number of anilines is 1. The lowest BCUT2D eigenvalue weighted by molar-refractivity contribution is -0.119. The summed E-state index contributed by atoms with van der Waals surface area (Å²) in [6, 6.07) is 10.8. The van der Waals surface area contributed by atoms with Crippen LogP contribution < -0.4 is 10.9 Å². The fourth-order valence-corrected chi connectivity index (χ4v) is 5.13. The highest BCUT2D eigenvalue weighted by Gasteiger charge is 2.24. The molecular formula is C21H22N6O2S2. The van der Waals surface area contributed by atoms with E-state index < -0.39 is 6.04 Å². The normalized spacial score (nSPS) is 12.4. The Labute approximate surface area is 187 Å². The quantitative estimate of drug-likeness (QED) is 0.450. The first kappa shape index (κ1) is 21.3. The number of thiophene rings is 1. The number of fused-ring (bicyclic) bond motifs is 1. The number of carbonyl (C=O) groups is 1. The lowest BCUT2D eigenvalue weighted by atomic mass is 10.1. The minimum Gasteiger partial charge on any atom is -0.299 e. The zero-order valence-electron chi connectivity index (χ0n) is 17.4. The maximum Gasteiger partial charge on any atom is 0.279 e. The molecule has 31 heavy (non-hydrogen) atoms. The van der Waals surface area contributed by atoms with Gasteiger partial charge in [-0.3, -0.25) is 14.9 Å². The third-order valence-corrected chi connectivity index (χ3v) is 6.63. The summed E-state index contributed by atoms with van der Waals surface area (Å²) in [5, 5.41) is 20.9. The third kappa shape index (κ3) is 4.54. The second-order valence-corrected chi connectivity index (χ2v) is 9.64. The molecule has 0 fully saturated rings. The van der Waals surface area contributed by atoms with Crippen LogP contribution in [0.25, 0.3) is 20.7 Å². The monoisotopic (exact) mass is 454 g/mol. The molecule has 0 saturated heterocycles. The van der Waals surface area contributed by atoms with Gasteiger partial charge in [-0.05, 0) is 24.0 Å². The first-order chi connectivity index (χ1) is 15.0. The maximum atomic E-state index is 13.1. The number of aromatic nitrogens is 5. The number of hydrogen-bond donors (Lipinski definition) is 1. The predicted molar refractivity (Wildman–Crippen MR) is 124 cm³/mol. The van der Waals surface area contributed by atoms with Gasteiger partial charge in [-0.1, -0.05) is 67.7 Å². The second kappa shape index (κ2) is 9.03. The highest BCUT2D eigenvalue weighted by Crippen LogP contribution is 2.30. The number of rotatable bonds is 7. The van der Waals surface area contributed by atoms with Gasteiger partial charge in [0.15, 0.2) is 4.83 Å². The first-order valence-electron chi connectivity index (χ1n) is 10.0. The van der Waals surface area contributed by atoms with Gasteiger partial charge >= 0.3 is 0 Å². The zero-order valence-corrected chi connectivity index (χ0v) is 19.0. The van der Waals surface area contributed by atoms with Crippen molar-refractivity contribution in [3.05, 3.63) is 51.8 Å². The summed E-state index contributed by atoms with van der Waals surface area (Å²) in [6.45, 7) is 6.03. The summed E-state index contributed by atoms with van der Waals surface area (Å²) in [6.07, 6.45) is 1.19. The smallest absolute Gasteiger partial charge is 0.279 e.